The summed E-state index contributed by atoms with van der Waals surface area (Å²) in [7, 11) is 2.00. The molecule has 0 radical (unpaired) electrons. The second kappa shape index (κ2) is 15.5. The van der Waals surface area contributed by atoms with Crippen molar-refractivity contribution in [3.8, 4) is 67.5 Å². The van der Waals surface area contributed by atoms with Crippen molar-refractivity contribution in [1.29, 1.82) is 0 Å². The number of aromatic nitrogens is 6. The lowest BCUT2D eigenvalue weighted by Gasteiger charge is -2.10. The Labute approximate surface area is 306 Å². The summed E-state index contributed by atoms with van der Waals surface area (Å²) < 4.78 is 5.72. The number of pyridine rings is 3. The molecule has 3 aromatic carbocycles. The smallest absolute Gasteiger partial charge is 0.309 e. The van der Waals surface area contributed by atoms with Gasteiger partial charge in [0.1, 0.15) is 19.9 Å². The monoisotopic (exact) mass is 701 g/mol. The first-order chi connectivity index (χ1) is 25.8. The van der Waals surface area contributed by atoms with Gasteiger partial charge in [0.05, 0.1) is 0 Å². The first-order valence-electron chi connectivity index (χ1n) is 17.2. The normalized spacial score (nSPS) is 11.0. The van der Waals surface area contributed by atoms with Crippen molar-refractivity contribution < 1.29 is 33.5 Å². The molecule has 10 heteroatoms. The van der Waals surface area contributed by atoms with Gasteiger partial charge in [-0.2, -0.15) is 0 Å². The third kappa shape index (κ3) is 8.51. The average Bonchev–Trinajstić information content (AvgIpc) is 3.20. The molecule has 7 rings (SSSR count). The van der Waals surface area contributed by atoms with Gasteiger partial charge in [0.25, 0.3) is 0 Å². The fraction of sp³-hybridized carbons (Fsp3) is 0.116. The molecule has 7 aromatic rings. The molecule has 0 atom stereocenters. The SMILES string of the molecule is C[n+]1ccc(-c2ccc(-c3nc(-c4ccc(-c5cc[n+](CCC(=O)O)cc5)cc4)nc(-c4ccc(-c5cc[n+](CCC(=O)O)cc5)cc4)n3)cc2)cc1. The topological polar surface area (TPSA) is 125 Å². The fourth-order valence-electron chi connectivity index (χ4n) is 5.94. The number of aliphatic carboxylic acids is 2. The largest absolute Gasteiger partial charge is 0.481 e. The summed E-state index contributed by atoms with van der Waals surface area (Å²) in [5.74, 6) is 0.0132. The van der Waals surface area contributed by atoms with Crippen molar-refractivity contribution in [2.24, 2.45) is 7.05 Å². The van der Waals surface area contributed by atoms with Crippen LogP contribution in [0.25, 0.3) is 67.5 Å². The van der Waals surface area contributed by atoms with Gasteiger partial charge in [-0.3, -0.25) is 9.59 Å². The molecule has 0 amide bonds. The fourth-order valence-corrected chi connectivity index (χ4v) is 5.94. The van der Waals surface area contributed by atoms with Gasteiger partial charge >= 0.3 is 11.9 Å². The van der Waals surface area contributed by atoms with E-state index < -0.39 is 11.9 Å². The summed E-state index contributed by atoms with van der Waals surface area (Å²) in [6, 6.07) is 36.4. The van der Waals surface area contributed by atoms with Gasteiger partial charge in [0.15, 0.2) is 67.7 Å². The van der Waals surface area contributed by atoms with Gasteiger partial charge in [0.2, 0.25) is 0 Å². The maximum atomic E-state index is 11.0. The maximum absolute atomic E-state index is 11.0. The summed E-state index contributed by atoms with van der Waals surface area (Å²) in [6.07, 6.45) is 11.7. The molecule has 53 heavy (non-hydrogen) atoms. The summed E-state index contributed by atoms with van der Waals surface area (Å²) >= 11 is 0. The second-order valence-electron chi connectivity index (χ2n) is 12.7. The number of carboxylic acids is 2. The van der Waals surface area contributed by atoms with Crippen LogP contribution in [0, 0.1) is 0 Å². The highest BCUT2D eigenvalue weighted by Gasteiger charge is 2.15. The molecule has 0 spiro atoms. The molecule has 4 heterocycles. The standard InChI is InChI=1S/C43H35N6O4/c1-47-22-14-33(15-23-47)30-2-8-36(9-3-30)41-44-42(37-10-4-31(5-11-37)34-16-24-48(25-17-34)28-20-39(50)51)46-43(45-41)38-12-6-32(7-13-38)35-18-26-49(27-19-35)29-21-40(52)53/h2-19,22-27H,20-21,28-29H2,1H3/q+1/p+2. The van der Waals surface area contributed by atoms with Crippen LogP contribution in [0.1, 0.15) is 12.8 Å². The molecule has 10 nitrogen and oxygen atoms in total. The lowest BCUT2D eigenvalue weighted by Crippen LogP contribution is -2.33. The number of rotatable bonds is 12. The number of aryl methyl sites for hydroxylation is 3. The zero-order valence-corrected chi connectivity index (χ0v) is 29.1. The molecule has 0 fully saturated rings. The zero-order valence-electron chi connectivity index (χ0n) is 29.1. The van der Waals surface area contributed by atoms with E-state index in [-0.39, 0.29) is 12.8 Å². The van der Waals surface area contributed by atoms with Gasteiger partial charge in [-0.15, -0.1) is 0 Å². The van der Waals surface area contributed by atoms with Crippen LogP contribution in [-0.2, 0) is 29.7 Å². The summed E-state index contributed by atoms with van der Waals surface area (Å²) in [5.41, 5.74) is 8.83. The molecule has 0 aliphatic rings. The Morgan fingerprint density at radius 3 is 0.943 bits per heavy atom. The van der Waals surface area contributed by atoms with Gasteiger partial charge < -0.3 is 10.2 Å². The van der Waals surface area contributed by atoms with Crippen molar-refractivity contribution in [3.05, 3.63) is 146 Å². The van der Waals surface area contributed by atoms with Crippen LogP contribution in [0.5, 0.6) is 0 Å². The zero-order chi connectivity index (χ0) is 36.7. The number of nitrogens with zero attached hydrogens (tertiary/aromatic N) is 6. The minimum Gasteiger partial charge on any atom is -0.481 e. The summed E-state index contributed by atoms with van der Waals surface area (Å²) in [4.78, 5) is 36.7. The predicted molar refractivity (Wildman–Crippen MR) is 199 cm³/mol. The van der Waals surface area contributed by atoms with Crippen LogP contribution in [0.4, 0.5) is 0 Å². The molecule has 0 saturated heterocycles. The van der Waals surface area contributed by atoms with E-state index in [1.165, 1.54) is 0 Å². The summed E-state index contributed by atoms with van der Waals surface area (Å²) in [6.45, 7) is 0.829. The van der Waals surface area contributed by atoms with Crippen LogP contribution in [0.2, 0.25) is 0 Å². The number of benzene rings is 3. The van der Waals surface area contributed by atoms with Gasteiger partial charge in [-0.25, -0.2) is 28.7 Å². The second-order valence-corrected chi connectivity index (χ2v) is 12.7. The molecule has 260 valence electrons. The van der Waals surface area contributed by atoms with Gasteiger partial charge in [-0.05, 0) is 33.4 Å². The molecule has 0 bridgehead atoms. The first-order valence-corrected chi connectivity index (χ1v) is 17.2. The van der Waals surface area contributed by atoms with E-state index in [1.807, 2.05) is 143 Å². The van der Waals surface area contributed by atoms with E-state index in [9.17, 15) is 9.59 Å². The average molecular weight is 702 g/mol. The molecular weight excluding hydrogens is 665 g/mol. The minimum atomic E-state index is -0.824. The van der Waals surface area contributed by atoms with Crippen molar-refractivity contribution in [1.82, 2.24) is 15.0 Å². The van der Waals surface area contributed by atoms with Gasteiger partial charge in [-0.1, -0.05) is 72.8 Å². The molecule has 0 saturated carbocycles. The molecule has 0 aliphatic carbocycles. The molecule has 4 aromatic heterocycles. The Bertz CT molecular complexity index is 2240. The van der Waals surface area contributed by atoms with Gasteiger partial charge in [0, 0.05) is 53.1 Å². The quantitative estimate of drug-likeness (QED) is 0.145. The third-order valence-electron chi connectivity index (χ3n) is 8.99. The molecule has 0 aliphatic heterocycles. The van der Waals surface area contributed by atoms with Crippen molar-refractivity contribution in [2.75, 3.05) is 0 Å². The number of carboxylic acid groups (broad SMARTS) is 2. The van der Waals surface area contributed by atoms with E-state index in [0.717, 1.165) is 50.1 Å². The lowest BCUT2D eigenvalue weighted by molar-refractivity contribution is -0.696. The predicted octanol–water partition coefficient (Wildman–Crippen LogP) is 6.22. The van der Waals surface area contributed by atoms with Crippen molar-refractivity contribution >= 4 is 11.9 Å². The Morgan fingerprint density at radius 1 is 0.415 bits per heavy atom. The van der Waals surface area contributed by atoms with E-state index in [0.29, 0.717) is 30.6 Å². The Kier molecular flexibility index (Phi) is 10.1. The molecule has 2 N–H and O–H groups in total. The van der Waals surface area contributed by atoms with E-state index in [4.69, 9.17) is 25.2 Å². The Hall–Kier alpha value is -6.94. The highest BCUT2D eigenvalue weighted by Crippen LogP contribution is 2.29. The molecule has 0 unspecified atom stereocenters. The highest BCUT2D eigenvalue weighted by molar-refractivity contribution is 5.73. The van der Waals surface area contributed by atoms with E-state index in [2.05, 4.69) is 24.3 Å². The van der Waals surface area contributed by atoms with Crippen LogP contribution in [-0.4, -0.2) is 37.1 Å². The molecular formula is C43H37N6O4+3. The minimum absolute atomic E-state index is 0.0689. The van der Waals surface area contributed by atoms with Crippen molar-refractivity contribution in [3.63, 3.8) is 0 Å². The highest BCUT2D eigenvalue weighted by atomic mass is 16.4. The van der Waals surface area contributed by atoms with Crippen LogP contribution >= 0.6 is 0 Å². The first kappa shape index (κ1) is 34.5. The van der Waals surface area contributed by atoms with E-state index in [1.54, 1.807) is 0 Å². The van der Waals surface area contributed by atoms with Crippen LogP contribution < -0.4 is 13.7 Å². The Balaban J connectivity index is 1.19. The van der Waals surface area contributed by atoms with E-state index >= 15 is 0 Å². The lowest BCUT2D eigenvalue weighted by atomic mass is 10.0. The third-order valence-corrected chi connectivity index (χ3v) is 8.99. The summed E-state index contributed by atoms with van der Waals surface area (Å²) in [5, 5.41) is 18.0. The maximum Gasteiger partial charge on any atom is 0.309 e. The Morgan fingerprint density at radius 2 is 0.660 bits per heavy atom. The van der Waals surface area contributed by atoms with Crippen molar-refractivity contribution in [2.45, 2.75) is 25.9 Å². The van der Waals surface area contributed by atoms with Crippen LogP contribution in [0.15, 0.2) is 146 Å². The number of carbonyl (C=O) groups is 2. The number of hydrogen-bond acceptors (Lipinski definition) is 5. The number of hydrogen-bond donors (Lipinski definition) is 2. The van der Waals surface area contributed by atoms with Crippen LogP contribution in [0.3, 0.4) is 0 Å².